The number of pyridine rings is 2. The van der Waals surface area contributed by atoms with Crippen molar-refractivity contribution in [3.05, 3.63) is 71.9 Å². The van der Waals surface area contributed by atoms with E-state index in [0.29, 0.717) is 11.4 Å². The second-order valence-corrected chi connectivity index (χ2v) is 8.56. The topological polar surface area (TPSA) is 107 Å². The summed E-state index contributed by atoms with van der Waals surface area (Å²) in [5.41, 5.74) is 5.73. The summed E-state index contributed by atoms with van der Waals surface area (Å²) in [6, 6.07) is 11.7. The van der Waals surface area contributed by atoms with Crippen molar-refractivity contribution in [3.63, 3.8) is 0 Å². The lowest BCUT2D eigenvalue weighted by Crippen LogP contribution is -2.35. The van der Waals surface area contributed by atoms with Gasteiger partial charge in [0.2, 0.25) is 0 Å². The standard InChI is InChI=1S/C25H26N6O2/c1-16-2-4-20(14-27-16)28-25(33)24-22-11-18(3-5-23(22)29-30-24)19-10-17(12-26-13-19)15-31-8-6-21(32)7-9-31/h2-5,10-14,21,32H,6-9,15H2,1H3,(H,28,33)(H,29,30). The maximum absolute atomic E-state index is 12.9. The minimum Gasteiger partial charge on any atom is -0.393 e. The van der Waals surface area contributed by atoms with Gasteiger partial charge in [0.05, 0.1) is 23.5 Å². The number of amides is 1. The van der Waals surface area contributed by atoms with Gasteiger partial charge >= 0.3 is 0 Å². The molecule has 0 unspecified atom stereocenters. The number of aryl methyl sites for hydroxylation is 1. The van der Waals surface area contributed by atoms with E-state index in [2.05, 4.69) is 36.4 Å². The van der Waals surface area contributed by atoms with Crippen LogP contribution >= 0.6 is 0 Å². The Kier molecular flexibility index (Phi) is 5.85. The second kappa shape index (κ2) is 9.09. The molecule has 1 saturated heterocycles. The van der Waals surface area contributed by atoms with E-state index in [-0.39, 0.29) is 12.0 Å². The van der Waals surface area contributed by atoms with Crippen LogP contribution in [0.4, 0.5) is 5.69 Å². The molecular weight excluding hydrogens is 416 g/mol. The largest absolute Gasteiger partial charge is 0.393 e. The molecule has 0 aliphatic carbocycles. The van der Waals surface area contributed by atoms with E-state index in [1.54, 1.807) is 6.20 Å². The first-order valence-electron chi connectivity index (χ1n) is 11.1. The molecule has 4 heterocycles. The maximum atomic E-state index is 12.9. The first-order chi connectivity index (χ1) is 16.0. The van der Waals surface area contributed by atoms with Crippen LogP contribution in [-0.4, -0.2) is 55.3 Å². The SMILES string of the molecule is Cc1ccc(NC(=O)c2n[nH]c3ccc(-c4cncc(CN5CCC(O)CC5)c4)cc23)cn1. The molecule has 0 spiro atoms. The Bertz CT molecular complexity index is 1280. The number of aliphatic hydroxyl groups excluding tert-OH is 1. The summed E-state index contributed by atoms with van der Waals surface area (Å²) in [6.07, 6.45) is 6.80. The Morgan fingerprint density at radius 1 is 1.12 bits per heavy atom. The fourth-order valence-corrected chi connectivity index (χ4v) is 4.17. The van der Waals surface area contributed by atoms with Crippen LogP contribution in [0.2, 0.25) is 0 Å². The van der Waals surface area contributed by atoms with Crippen molar-refractivity contribution < 1.29 is 9.90 Å². The molecule has 168 valence electrons. The molecule has 1 aliphatic rings. The third kappa shape index (κ3) is 4.76. The highest BCUT2D eigenvalue weighted by Crippen LogP contribution is 2.26. The van der Waals surface area contributed by atoms with E-state index < -0.39 is 0 Å². The number of H-pyrrole nitrogens is 1. The van der Waals surface area contributed by atoms with Gasteiger partial charge in [-0.15, -0.1) is 0 Å². The van der Waals surface area contributed by atoms with Crippen LogP contribution in [0.15, 0.2) is 55.0 Å². The molecule has 0 atom stereocenters. The zero-order chi connectivity index (χ0) is 22.8. The van der Waals surface area contributed by atoms with Gasteiger partial charge in [0.15, 0.2) is 5.69 Å². The predicted molar refractivity (Wildman–Crippen MR) is 127 cm³/mol. The number of hydrogen-bond donors (Lipinski definition) is 3. The van der Waals surface area contributed by atoms with Crippen molar-refractivity contribution in [2.75, 3.05) is 18.4 Å². The summed E-state index contributed by atoms with van der Waals surface area (Å²) in [5.74, 6) is -0.289. The lowest BCUT2D eigenvalue weighted by atomic mass is 10.0. The van der Waals surface area contributed by atoms with Gasteiger partial charge in [-0.2, -0.15) is 5.10 Å². The fraction of sp³-hybridized carbons (Fsp3) is 0.280. The van der Waals surface area contributed by atoms with Gasteiger partial charge in [0, 0.05) is 48.7 Å². The number of benzene rings is 1. The number of aromatic nitrogens is 4. The number of aliphatic hydroxyl groups is 1. The number of aromatic amines is 1. The van der Waals surface area contributed by atoms with Gasteiger partial charge in [-0.1, -0.05) is 6.07 Å². The number of nitrogens with zero attached hydrogens (tertiary/aromatic N) is 4. The zero-order valence-corrected chi connectivity index (χ0v) is 18.5. The average Bonchev–Trinajstić information content (AvgIpc) is 3.26. The lowest BCUT2D eigenvalue weighted by Gasteiger charge is -2.29. The van der Waals surface area contributed by atoms with Crippen LogP contribution in [0.3, 0.4) is 0 Å². The Morgan fingerprint density at radius 3 is 2.76 bits per heavy atom. The van der Waals surface area contributed by atoms with E-state index in [1.165, 1.54) is 0 Å². The molecule has 3 N–H and O–H groups in total. The zero-order valence-electron chi connectivity index (χ0n) is 18.5. The van der Waals surface area contributed by atoms with Gasteiger partial charge in [-0.25, -0.2) is 0 Å². The number of nitrogens with one attached hydrogen (secondary N) is 2. The number of likely N-dealkylation sites (tertiary alicyclic amines) is 1. The number of carbonyl (C=O) groups excluding carboxylic acids is 1. The number of hydrogen-bond acceptors (Lipinski definition) is 6. The maximum Gasteiger partial charge on any atom is 0.276 e. The molecule has 1 amide bonds. The van der Waals surface area contributed by atoms with E-state index in [1.807, 2.05) is 49.6 Å². The Balaban J connectivity index is 1.38. The summed E-state index contributed by atoms with van der Waals surface area (Å²) in [5, 5.41) is 20.5. The Morgan fingerprint density at radius 2 is 1.97 bits per heavy atom. The van der Waals surface area contributed by atoms with Gasteiger partial charge < -0.3 is 10.4 Å². The molecule has 0 bridgehead atoms. The first kappa shape index (κ1) is 21.2. The summed E-state index contributed by atoms with van der Waals surface area (Å²) in [6.45, 7) is 4.48. The van der Waals surface area contributed by atoms with Crippen LogP contribution in [-0.2, 0) is 6.54 Å². The number of rotatable bonds is 5. The highest BCUT2D eigenvalue weighted by Gasteiger charge is 2.18. The molecule has 33 heavy (non-hydrogen) atoms. The normalized spacial score (nSPS) is 15.1. The summed E-state index contributed by atoms with van der Waals surface area (Å²) in [4.78, 5) is 23.9. The van der Waals surface area contributed by atoms with E-state index in [9.17, 15) is 9.90 Å². The summed E-state index contributed by atoms with van der Waals surface area (Å²) >= 11 is 0. The van der Waals surface area contributed by atoms with E-state index in [0.717, 1.165) is 65.8 Å². The van der Waals surface area contributed by atoms with Crippen LogP contribution in [0.5, 0.6) is 0 Å². The molecule has 1 fully saturated rings. The van der Waals surface area contributed by atoms with Crippen LogP contribution in [0.1, 0.15) is 34.6 Å². The number of carbonyl (C=O) groups is 1. The minimum absolute atomic E-state index is 0.180. The molecule has 1 aromatic carbocycles. The van der Waals surface area contributed by atoms with Crippen molar-refractivity contribution in [2.45, 2.75) is 32.4 Å². The van der Waals surface area contributed by atoms with E-state index in [4.69, 9.17) is 0 Å². The third-order valence-electron chi connectivity index (χ3n) is 6.04. The third-order valence-corrected chi connectivity index (χ3v) is 6.04. The minimum atomic E-state index is -0.289. The van der Waals surface area contributed by atoms with Crippen molar-refractivity contribution >= 4 is 22.5 Å². The highest BCUT2D eigenvalue weighted by atomic mass is 16.3. The Hall–Kier alpha value is -3.62. The quantitative estimate of drug-likeness (QED) is 0.436. The predicted octanol–water partition coefficient (Wildman–Crippen LogP) is 3.54. The van der Waals surface area contributed by atoms with E-state index >= 15 is 0 Å². The lowest BCUT2D eigenvalue weighted by molar-refractivity contribution is 0.0792. The molecule has 8 heteroatoms. The van der Waals surface area contributed by atoms with Gasteiger partial charge in [-0.3, -0.25) is 24.8 Å². The fourth-order valence-electron chi connectivity index (χ4n) is 4.17. The van der Waals surface area contributed by atoms with Crippen LogP contribution in [0, 0.1) is 6.92 Å². The highest BCUT2D eigenvalue weighted by molar-refractivity contribution is 6.11. The van der Waals surface area contributed by atoms with Crippen molar-refractivity contribution in [1.82, 2.24) is 25.1 Å². The Labute approximate surface area is 191 Å². The molecule has 4 aromatic rings. The van der Waals surface area contributed by atoms with Gasteiger partial charge in [-0.05, 0) is 61.2 Å². The van der Waals surface area contributed by atoms with Gasteiger partial charge in [0.25, 0.3) is 5.91 Å². The second-order valence-electron chi connectivity index (χ2n) is 8.56. The first-order valence-corrected chi connectivity index (χ1v) is 11.1. The molecule has 8 nitrogen and oxygen atoms in total. The molecule has 0 saturated carbocycles. The van der Waals surface area contributed by atoms with Crippen molar-refractivity contribution in [3.8, 4) is 11.1 Å². The number of piperidine rings is 1. The monoisotopic (exact) mass is 442 g/mol. The molecule has 5 rings (SSSR count). The van der Waals surface area contributed by atoms with Crippen molar-refractivity contribution in [2.24, 2.45) is 0 Å². The molecule has 0 radical (unpaired) electrons. The molecular formula is C25H26N6O2. The smallest absolute Gasteiger partial charge is 0.276 e. The molecule has 1 aliphatic heterocycles. The van der Waals surface area contributed by atoms with Crippen molar-refractivity contribution in [1.29, 1.82) is 0 Å². The number of anilines is 1. The summed E-state index contributed by atoms with van der Waals surface area (Å²) < 4.78 is 0. The summed E-state index contributed by atoms with van der Waals surface area (Å²) in [7, 11) is 0. The van der Waals surface area contributed by atoms with Crippen LogP contribution < -0.4 is 5.32 Å². The van der Waals surface area contributed by atoms with Crippen LogP contribution in [0.25, 0.3) is 22.0 Å². The molecule has 3 aromatic heterocycles. The average molecular weight is 443 g/mol. The number of fused-ring (bicyclic) bond motifs is 1. The van der Waals surface area contributed by atoms with Gasteiger partial charge in [0.1, 0.15) is 0 Å².